The number of epoxide rings is 1. The second-order valence-corrected chi connectivity index (χ2v) is 20.2. The number of hydrogen-bond donors (Lipinski definition) is 3. The van der Waals surface area contributed by atoms with Crippen molar-refractivity contribution >= 4 is 23.9 Å². The van der Waals surface area contributed by atoms with Gasteiger partial charge in [-0.05, 0) is 96.2 Å². The molecule has 4 aliphatic carbocycles. The van der Waals surface area contributed by atoms with E-state index in [9.17, 15) is 14.7 Å². The Morgan fingerprint density at radius 2 is 1.66 bits per heavy atom. The van der Waals surface area contributed by atoms with Gasteiger partial charge in [-0.15, -0.1) is 0 Å². The van der Waals surface area contributed by atoms with Gasteiger partial charge in [0.1, 0.15) is 29.8 Å². The SMILES string of the molecule is CC1(C)CC2C(=Cc3cccc(CN4OC5C6OC7(Cc8ccccc8C7)OC6C6CC5(C(=O)NCc5cccc(C(=O)NCCO)c5)C4C(=O)O6)c3)CCC3OC3(C)CCC21. The molecule has 4 aliphatic heterocycles. The molecule has 326 valence electrons. The number of aliphatic hydroxyl groups excluding tert-OH is 1. The number of carbonyl (C=O) groups excluding carboxylic acids is 3. The molecular formula is C50H57N3O9. The molecule has 3 saturated carbocycles. The fraction of sp³-hybridized carbons (Fsp3) is 0.540. The first kappa shape index (κ1) is 40.4. The van der Waals surface area contributed by atoms with Crippen LogP contribution in [0.15, 0.2) is 78.4 Å². The minimum atomic E-state index is -1.35. The Hall–Kier alpha value is -4.43. The van der Waals surface area contributed by atoms with E-state index in [0.717, 1.165) is 41.5 Å². The Kier molecular flexibility index (Phi) is 9.65. The summed E-state index contributed by atoms with van der Waals surface area (Å²) in [7, 11) is 0. The highest BCUT2D eigenvalue weighted by atomic mass is 16.8. The highest BCUT2D eigenvalue weighted by Gasteiger charge is 2.76. The van der Waals surface area contributed by atoms with Crippen molar-refractivity contribution in [2.24, 2.45) is 22.7 Å². The van der Waals surface area contributed by atoms with Crippen LogP contribution >= 0.6 is 0 Å². The van der Waals surface area contributed by atoms with Crippen LogP contribution in [0.4, 0.5) is 0 Å². The Labute approximate surface area is 362 Å². The predicted octanol–water partition coefficient (Wildman–Crippen LogP) is 5.58. The lowest BCUT2D eigenvalue weighted by Gasteiger charge is -2.53. The van der Waals surface area contributed by atoms with Crippen LogP contribution in [0.5, 0.6) is 0 Å². The maximum Gasteiger partial charge on any atom is 0.327 e. The van der Waals surface area contributed by atoms with E-state index in [0.29, 0.717) is 47.3 Å². The molecule has 62 heavy (non-hydrogen) atoms. The van der Waals surface area contributed by atoms with Crippen molar-refractivity contribution in [3.05, 3.63) is 112 Å². The highest BCUT2D eigenvalue weighted by Crippen LogP contribution is 2.61. The average Bonchev–Trinajstić information content (AvgIpc) is 3.52. The van der Waals surface area contributed by atoms with Gasteiger partial charge < -0.3 is 34.7 Å². The fourth-order valence-corrected chi connectivity index (χ4v) is 12.6. The van der Waals surface area contributed by atoms with E-state index in [1.165, 1.54) is 18.4 Å². The fourth-order valence-electron chi connectivity index (χ4n) is 12.6. The standard InChI is InChI=1S/C50H57N3O9/c1-47(2)25-36-32(14-15-39-48(3,59-39)17-16-37(36)47)21-29-8-6-10-31(20-29)28-53-42-45(56)58-38-26-50(42,46(57)52-27-30-9-7-13-33(22-30)44(55)51-18-19-54)43(62-53)41-40(38)60-49(61-41)23-34-11-4-5-12-35(34)24-49/h4-13,20-22,36-43,54H,14-19,23-28H2,1-3H3,(H,51,55)(H,52,57). The molecule has 3 N–H and O–H groups in total. The van der Waals surface area contributed by atoms with Gasteiger partial charge in [-0.2, -0.15) is 5.06 Å². The number of amides is 2. The number of fused-ring (bicyclic) bond motifs is 7. The van der Waals surface area contributed by atoms with Gasteiger partial charge in [0, 0.05) is 37.9 Å². The molecule has 0 aromatic heterocycles. The third-order valence-corrected chi connectivity index (χ3v) is 15.8. The van der Waals surface area contributed by atoms with Gasteiger partial charge in [-0.1, -0.05) is 86.2 Å². The number of carbonyl (C=O) groups is 3. The van der Waals surface area contributed by atoms with Crippen LogP contribution in [0.25, 0.3) is 6.08 Å². The van der Waals surface area contributed by atoms with Crippen molar-refractivity contribution in [2.45, 2.75) is 133 Å². The van der Waals surface area contributed by atoms with E-state index in [4.69, 9.17) is 23.8 Å². The minimum absolute atomic E-state index is 0.0233. The van der Waals surface area contributed by atoms with Crippen LogP contribution in [0.1, 0.15) is 97.5 Å². The molecule has 1 spiro atoms. The molecule has 8 aliphatic rings. The molecule has 10 atom stereocenters. The lowest BCUT2D eigenvalue weighted by Crippen LogP contribution is -2.69. The quantitative estimate of drug-likeness (QED) is 0.184. The molecule has 10 unspecified atom stereocenters. The summed E-state index contributed by atoms with van der Waals surface area (Å²) >= 11 is 0. The molecule has 3 aromatic carbocycles. The first-order valence-electron chi connectivity index (χ1n) is 22.7. The van der Waals surface area contributed by atoms with Crippen molar-refractivity contribution < 1.29 is 43.3 Å². The Morgan fingerprint density at radius 3 is 2.45 bits per heavy atom. The number of rotatable bonds is 9. The van der Waals surface area contributed by atoms with E-state index in [1.807, 2.05) is 24.3 Å². The van der Waals surface area contributed by atoms with Crippen LogP contribution in [0.3, 0.4) is 0 Å². The molecule has 4 heterocycles. The monoisotopic (exact) mass is 843 g/mol. The Bertz CT molecular complexity index is 2320. The zero-order valence-electron chi connectivity index (χ0n) is 35.8. The van der Waals surface area contributed by atoms with Gasteiger partial charge >= 0.3 is 5.97 Å². The number of esters is 1. The number of ether oxygens (including phenoxy) is 4. The molecule has 2 amide bonds. The molecule has 12 nitrogen and oxygen atoms in total. The number of benzene rings is 3. The van der Waals surface area contributed by atoms with Crippen LogP contribution in [-0.4, -0.2) is 89.1 Å². The van der Waals surface area contributed by atoms with E-state index < -0.39 is 47.6 Å². The van der Waals surface area contributed by atoms with E-state index in [1.54, 1.807) is 23.3 Å². The maximum atomic E-state index is 15.0. The molecule has 7 fully saturated rings. The third-order valence-electron chi connectivity index (χ3n) is 15.8. The second kappa shape index (κ2) is 14.8. The van der Waals surface area contributed by atoms with Crippen molar-refractivity contribution in [1.82, 2.24) is 15.7 Å². The summed E-state index contributed by atoms with van der Waals surface area (Å²) in [6, 6.07) is 22.6. The van der Waals surface area contributed by atoms with Crippen molar-refractivity contribution in [2.75, 3.05) is 13.2 Å². The van der Waals surface area contributed by atoms with Crippen molar-refractivity contribution in [3.63, 3.8) is 0 Å². The molecule has 12 heteroatoms. The minimum Gasteiger partial charge on any atom is -0.458 e. The molecule has 11 rings (SSSR count). The van der Waals surface area contributed by atoms with E-state index in [-0.39, 0.29) is 50.1 Å². The number of hydroxylamine groups is 2. The number of aliphatic hydroxyl groups is 1. The number of nitrogens with zero attached hydrogens (tertiary/aromatic N) is 1. The summed E-state index contributed by atoms with van der Waals surface area (Å²) in [5.41, 5.74) is 5.98. The summed E-state index contributed by atoms with van der Waals surface area (Å²) in [6.07, 6.45) is 6.74. The predicted molar refractivity (Wildman–Crippen MR) is 227 cm³/mol. The van der Waals surface area contributed by atoms with Gasteiger partial charge in [-0.25, -0.2) is 0 Å². The Balaban J connectivity index is 0.890. The summed E-state index contributed by atoms with van der Waals surface area (Å²) in [5, 5.41) is 16.7. The van der Waals surface area contributed by atoms with Gasteiger partial charge in [-0.3, -0.25) is 19.2 Å². The zero-order chi connectivity index (χ0) is 42.6. The first-order valence-corrected chi connectivity index (χ1v) is 22.7. The molecular weight excluding hydrogens is 787 g/mol. The van der Waals surface area contributed by atoms with Crippen LogP contribution < -0.4 is 10.6 Å². The summed E-state index contributed by atoms with van der Waals surface area (Å²) < 4.78 is 26.3. The van der Waals surface area contributed by atoms with Gasteiger partial charge in [0.2, 0.25) is 5.91 Å². The molecule has 4 saturated heterocycles. The summed E-state index contributed by atoms with van der Waals surface area (Å²) in [6.45, 7) is 7.44. The third kappa shape index (κ3) is 6.67. The van der Waals surface area contributed by atoms with Crippen molar-refractivity contribution in [3.8, 4) is 0 Å². The van der Waals surface area contributed by atoms with Crippen molar-refractivity contribution in [1.29, 1.82) is 0 Å². The summed E-state index contributed by atoms with van der Waals surface area (Å²) in [4.78, 5) is 49.1. The molecule has 0 radical (unpaired) electrons. The largest absolute Gasteiger partial charge is 0.458 e. The number of nitrogens with one attached hydrogen (secondary N) is 2. The Morgan fingerprint density at radius 1 is 0.887 bits per heavy atom. The zero-order valence-corrected chi connectivity index (χ0v) is 35.8. The maximum absolute atomic E-state index is 15.0. The van der Waals surface area contributed by atoms with Gasteiger partial charge in [0.05, 0.1) is 24.9 Å². The van der Waals surface area contributed by atoms with E-state index >= 15 is 4.79 Å². The second-order valence-electron chi connectivity index (χ2n) is 20.2. The molecule has 3 aromatic rings. The highest BCUT2D eigenvalue weighted by molar-refractivity contribution is 5.95. The normalized spacial score (nSPS) is 36.2. The van der Waals surface area contributed by atoms with Crippen LogP contribution in [0.2, 0.25) is 0 Å². The topological polar surface area (TPSA) is 148 Å². The average molecular weight is 844 g/mol. The lowest BCUT2D eigenvalue weighted by molar-refractivity contribution is -0.217. The van der Waals surface area contributed by atoms with E-state index in [2.05, 4.69) is 67.8 Å². The lowest BCUT2D eigenvalue weighted by atomic mass is 9.52. The van der Waals surface area contributed by atoms with Gasteiger partial charge in [0.15, 0.2) is 11.8 Å². The molecule has 2 bridgehead atoms. The smallest absolute Gasteiger partial charge is 0.327 e. The number of allylic oxidation sites excluding steroid dienone is 1. The summed E-state index contributed by atoms with van der Waals surface area (Å²) in [5.74, 6) is -0.937. The number of hydrogen-bond acceptors (Lipinski definition) is 10. The van der Waals surface area contributed by atoms with Crippen LogP contribution in [0, 0.1) is 22.7 Å². The van der Waals surface area contributed by atoms with Crippen LogP contribution in [-0.2, 0) is 59.3 Å². The van der Waals surface area contributed by atoms with Gasteiger partial charge in [0.25, 0.3) is 5.91 Å². The first-order chi connectivity index (χ1) is 29.9.